The molecule has 4 aromatic rings. The summed E-state index contributed by atoms with van der Waals surface area (Å²) < 4.78 is 51.3. The standard InChI is InChI=1S/C53H62FN3O11/c1-5-28-65-53-48(57(52(61)64-6-2)33-35-18-20-38(54)21-19-35)32-45(56-66-34-36-14-8-7-9-15-36)42-29-37(16-10-12-26-58)41(17-11-13-27-59)49(50(42)53)43-30-40(23-25-46(43)68-53)67-51(60)55-44-24-22-39(62-3)31-47(44)63-4/h5,7-9,14-15,18-25,29-31,37,41,48-50,58-59H,1,6,10-13,16-17,26-28,32-34H2,2-4H3,(H,55,60). The fourth-order valence-electron chi connectivity index (χ4n) is 9.91. The van der Waals surface area contributed by atoms with Crippen LogP contribution in [0.5, 0.6) is 23.0 Å². The van der Waals surface area contributed by atoms with Gasteiger partial charge in [-0.05, 0) is 104 Å². The molecule has 1 aliphatic heterocycles. The molecule has 0 saturated heterocycles. The van der Waals surface area contributed by atoms with E-state index in [0.29, 0.717) is 59.9 Å². The fourth-order valence-corrected chi connectivity index (χ4v) is 9.91. The molecule has 362 valence electrons. The summed E-state index contributed by atoms with van der Waals surface area (Å²) in [6, 6.07) is 25.0. The number of aliphatic hydroxyl groups is 2. The number of methoxy groups -OCH3 is 2. The zero-order valence-electron chi connectivity index (χ0n) is 38.9. The smallest absolute Gasteiger partial charge is 0.417 e. The largest absolute Gasteiger partial charge is 0.497 e. The van der Waals surface area contributed by atoms with Gasteiger partial charge in [0.1, 0.15) is 41.5 Å². The number of nitrogens with one attached hydrogen (secondary N) is 1. The summed E-state index contributed by atoms with van der Waals surface area (Å²) in [6.07, 6.45) is 6.65. The van der Waals surface area contributed by atoms with Crippen molar-refractivity contribution in [3.05, 3.63) is 138 Å². The molecule has 1 saturated carbocycles. The maximum atomic E-state index is 14.5. The highest BCUT2D eigenvalue weighted by Gasteiger charge is 2.65. The third-order valence-electron chi connectivity index (χ3n) is 12.9. The van der Waals surface area contributed by atoms with Gasteiger partial charge in [-0.2, -0.15) is 0 Å². The molecular weight excluding hydrogens is 874 g/mol. The average Bonchev–Trinajstić information content (AvgIpc) is 3.35. The third-order valence-corrected chi connectivity index (χ3v) is 12.9. The number of unbranched alkanes of at least 4 members (excludes halogenated alkanes) is 2. The van der Waals surface area contributed by atoms with E-state index in [9.17, 15) is 24.2 Å². The van der Waals surface area contributed by atoms with Gasteiger partial charge in [0.25, 0.3) is 0 Å². The molecule has 0 aromatic heterocycles. The minimum atomic E-state index is -1.60. The van der Waals surface area contributed by atoms with E-state index in [4.69, 9.17) is 38.4 Å². The number of ether oxygens (including phenoxy) is 6. The van der Waals surface area contributed by atoms with Gasteiger partial charge in [-0.3, -0.25) is 10.2 Å². The van der Waals surface area contributed by atoms with E-state index >= 15 is 0 Å². The number of aliphatic hydroxyl groups excluding tert-OH is 2. The monoisotopic (exact) mass is 935 g/mol. The lowest BCUT2D eigenvalue weighted by molar-refractivity contribution is -0.256. The second-order valence-electron chi connectivity index (χ2n) is 17.1. The van der Waals surface area contributed by atoms with Crippen molar-refractivity contribution in [2.24, 2.45) is 22.9 Å². The van der Waals surface area contributed by atoms with E-state index in [0.717, 1.165) is 29.5 Å². The number of hydrogen-bond donors (Lipinski definition) is 3. The summed E-state index contributed by atoms with van der Waals surface area (Å²) in [7, 11) is 3.03. The van der Waals surface area contributed by atoms with Crippen molar-refractivity contribution in [3.63, 3.8) is 0 Å². The SMILES string of the molecule is C=CCOC12Oc3ccc(OC(=O)Nc4ccc(OC)cc4OC)cc3C3C(CCCCO)C(CCCCO)C=C(C(=NOCc4ccccc4)CC1N(Cc1ccc(F)cc1)C(=O)OCC)C32. The Labute approximate surface area is 397 Å². The van der Waals surface area contributed by atoms with Crippen LogP contribution in [0.2, 0.25) is 0 Å². The molecule has 14 nitrogen and oxygen atoms in total. The number of carbonyl (C=O) groups excluding carboxylic acids is 2. The summed E-state index contributed by atoms with van der Waals surface area (Å²) >= 11 is 0. The summed E-state index contributed by atoms with van der Waals surface area (Å²) in [5, 5.41) is 27.7. The Balaban J connectivity index is 1.41. The Hall–Kier alpha value is -6.42. The molecule has 7 rings (SSSR count). The van der Waals surface area contributed by atoms with Crippen molar-refractivity contribution in [1.82, 2.24) is 4.90 Å². The predicted molar refractivity (Wildman–Crippen MR) is 254 cm³/mol. The predicted octanol–water partition coefficient (Wildman–Crippen LogP) is 9.95. The molecule has 2 amide bonds. The summed E-state index contributed by atoms with van der Waals surface area (Å²) in [5.41, 5.74) is 4.09. The van der Waals surface area contributed by atoms with Crippen molar-refractivity contribution >= 4 is 23.6 Å². The number of amides is 2. The maximum absolute atomic E-state index is 14.5. The van der Waals surface area contributed by atoms with Gasteiger partial charge in [0, 0.05) is 43.7 Å². The second kappa shape index (κ2) is 23.5. The molecule has 0 spiro atoms. The number of rotatable bonds is 22. The first kappa shape index (κ1) is 49.5. The number of oxime groups is 1. The van der Waals surface area contributed by atoms with Gasteiger partial charge < -0.3 is 43.5 Å². The Morgan fingerprint density at radius 2 is 1.68 bits per heavy atom. The average molecular weight is 936 g/mol. The number of fused-ring (bicyclic) bond motifs is 2. The zero-order valence-corrected chi connectivity index (χ0v) is 38.9. The molecular formula is C53H62FN3O11. The Bertz CT molecular complexity index is 2400. The van der Waals surface area contributed by atoms with Crippen LogP contribution < -0.4 is 24.3 Å². The molecule has 1 fully saturated rings. The lowest BCUT2D eigenvalue weighted by Crippen LogP contribution is -2.70. The van der Waals surface area contributed by atoms with Crippen molar-refractivity contribution in [3.8, 4) is 23.0 Å². The molecule has 3 aliphatic rings. The van der Waals surface area contributed by atoms with Crippen LogP contribution in [0.1, 0.15) is 74.5 Å². The van der Waals surface area contributed by atoms with Crippen LogP contribution >= 0.6 is 0 Å². The lowest BCUT2D eigenvalue weighted by Gasteiger charge is -2.59. The number of benzene rings is 4. The van der Waals surface area contributed by atoms with E-state index in [1.54, 1.807) is 60.4 Å². The third kappa shape index (κ3) is 11.3. The lowest BCUT2D eigenvalue weighted by atomic mass is 9.55. The van der Waals surface area contributed by atoms with Gasteiger partial charge in [0.05, 0.1) is 44.8 Å². The van der Waals surface area contributed by atoms with E-state index in [2.05, 4.69) is 18.0 Å². The summed E-state index contributed by atoms with van der Waals surface area (Å²) in [4.78, 5) is 35.9. The molecule has 0 bridgehead atoms. The molecule has 15 heteroatoms. The number of allylic oxidation sites excluding steroid dienone is 1. The molecule has 4 aromatic carbocycles. The van der Waals surface area contributed by atoms with Crippen molar-refractivity contribution in [2.45, 2.75) is 82.8 Å². The molecule has 68 heavy (non-hydrogen) atoms. The minimum Gasteiger partial charge on any atom is -0.497 e. The number of anilines is 1. The van der Waals surface area contributed by atoms with Crippen molar-refractivity contribution < 1.29 is 57.5 Å². The molecule has 0 radical (unpaired) electrons. The number of carbonyl (C=O) groups is 2. The number of halogens is 1. The van der Waals surface area contributed by atoms with Gasteiger partial charge in [0.2, 0.25) is 5.79 Å². The van der Waals surface area contributed by atoms with Gasteiger partial charge in [0.15, 0.2) is 0 Å². The highest BCUT2D eigenvalue weighted by molar-refractivity contribution is 6.03. The molecule has 6 atom stereocenters. The number of nitrogens with zero attached hydrogens (tertiary/aromatic N) is 2. The first-order valence-electron chi connectivity index (χ1n) is 23.3. The van der Waals surface area contributed by atoms with E-state index in [-0.39, 0.29) is 63.6 Å². The van der Waals surface area contributed by atoms with Crippen molar-refractivity contribution in [2.75, 3.05) is 46.0 Å². The highest BCUT2D eigenvalue weighted by atomic mass is 19.1. The van der Waals surface area contributed by atoms with E-state index in [1.165, 1.54) is 26.4 Å². The molecule has 1 heterocycles. The quantitative estimate of drug-likeness (QED) is 0.0390. The first-order valence-corrected chi connectivity index (χ1v) is 23.3. The Morgan fingerprint density at radius 1 is 0.926 bits per heavy atom. The summed E-state index contributed by atoms with van der Waals surface area (Å²) in [5.74, 6) is -1.60. The van der Waals surface area contributed by atoms with Gasteiger partial charge in [-0.1, -0.05) is 72.6 Å². The first-order chi connectivity index (χ1) is 33.2. The Morgan fingerprint density at radius 3 is 2.38 bits per heavy atom. The second-order valence-corrected chi connectivity index (χ2v) is 17.1. The Kier molecular flexibility index (Phi) is 17.1. The topological polar surface area (TPSA) is 167 Å². The van der Waals surface area contributed by atoms with E-state index < -0.39 is 41.7 Å². The van der Waals surface area contributed by atoms with Crippen LogP contribution in [0.4, 0.5) is 19.7 Å². The van der Waals surface area contributed by atoms with Gasteiger partial charge in [-0.15, -0.1) is 6.58 Å². The normalized spacial score (nSPS) is 21.8. The molecule has 2 aliphatic carbocycles. The highest BCUT2D eigenvalue weighted by Crippen LogP contribution is 2.62. The van der Waals surface area contributed by atoms with Crippen LogP contribution in [-0.4, -0.2) is 85.5 Å². The van der Waals surface area contributed by atoms with Crippen molar-refractivity contribution in [1.29, 1.82) is 0 Å². The number of hydrogen-bond acceptors (Lipinski definition) is 12. The van der Waals surface area contributed by atoms with Crippen LogP contribution in [0.15, 0.2) is 120 Å². The molecule has 3 N–H and O–H groups in total. The zero-order chi connectivity index (χ0) is 48.0. The maximum Gasteiger partial charge on any atom is 0.417 e. The van der Waals surface area contributed by atoms with E-state index in [1.807, 2.05) is 36.4 Å². The van der Waals surface area contributed by atoms with Crippen LogP contribution in [0, 0.1) is 23.6 Å². The van der Waals surface area contributed by atoms with Gasteiger partial charge >= 0.3 is 12.2 Å². The van der Waals surface area contributed by atoms with Crippen LogP contribution in [0.25, 0.3) is 0 Å². The molecule has 6 unspecified atom stereocenters. The van der Waals surface area contributed by atoms with Crippen LogP contribution in [-0.2, 0) is 27.5 Å². The fraction of sp³-hybridized carbons (Fsp3) is 0.415. The van der Waals surface area contributed by atoms with Crippen LogP contribution in [0.3, 0.4) is 0 Å². The minimum absolute atomic E-state index is 0.0123. The van der Waals surface area contributed by atoms with Gasteiger partial charge in [-0.25, -0.2) is 14.0 Å². The summed E-state index contributed by atoms with van der Waals surface area (Å²) in [6.45, 7) is 6.12.